The van der Waals surface area contributed by atoms with Crippen molar-refractivity contribution in [2.24, 2.45) is 0 Å². The highest BCUT2D eigenvalue weighted by Crippen LogP contribution is 2.29. The molecule has 1 N–H and O–H groups in total. The second-order valence-corrected chi connectivity index (χ2v) is 6.93. The van der Waals surface area contributed by atoms with Crippen molar-refractivity contribution in [2.45, 2.75) is 24.3 Å². The maximum Gasteiger partial charge on any atom is 0.243 e. The first-order valence-electron chi connectivity index (χ1n) is 6.57. The van der Waals surface area contributed by atoms with Crippen LogP contribution in [0.15, 0.2) is 23.1 Å². The van der Waals surface area contributed by atoms with Crippen LogP contribution in [0.3, 0.4) is 0 Å². The summed E-state index contributed by atoms with van der Waals surface area (Å²) in [7, 11) is -3.40. The molecule has 2 aliphatic rings. The molecule has 1 saturated heterocycles. The number of sulfonamides is 1. The maximum atomic E-state index is 12.7. The molecule has 1 aromatic rings. The van der Waals surface area contributed by atoms with Crippen molar-refractivity contribution in [3.63, 3.8) is 0 Å². The van der Waals surface area contributed by atoms with Gasteiger partial charge in [0.15, 0.2) is 0 Å². The molecule has 112 valence electrons. The van der Waals surface area contributed by atoms with Crippen LogP contribution in [-0.2, 0) is 16.4 Å². The second kappa shape index (κ2) is 5.89. The molecule has 0 amide bonds. The summed E-state index contributed by atoms with van der Waals surface area (Å²) in [6, 6.07) is 5.16. The highest BCUT2D eigenvalue weighted by Gasteiger charge is 2.31. The van der Waals surface area contributed by atoms with Crippen molar-refractivity contribution >= 4 is 22.4 Å². The molecule has 0 radical (unpaired) electrons. The van der Waals surface area contributed by atoms with E-state index in [0.717, 1.165) is 17.7 Å². The minimum atomic E-state index is -3.40. The smallest absolute Gasteiger partial charge is 0.243 e. The Morgan fingerprint density at radius 2 is 2.20 bits per heavy atom. The highest BCUT2D eigenvalue weighted by atomic mass is 35.5. The summed E-state index contributed by atoms with van der Waals surface area (Å²) in [5.74, 6) is 0.812. The SMILES string of the molecule is C[C@@H]1CNCCN1S(=O)(=O)c1ccc2c(c1)CCO2.Cl. The Morgan fingerprint density at radius 3 is 2.95 bits per heavy atom. The lowest BCUT2D eigenvalue weighted by molar-refractivity contribution is 0.284. The number of benzene rings is 1. The number of hydrogen-bond acceptors (Lipinski definition) is 4. The lowest BCUT2D eigenvalue weighted by Gasteiger charge is -2.32. The Morgan fingerprint density at radius 1 is 1.40 bits per heavy atom. The van der Waals surface area contributed by atoms with Gasteiger partial charge in [0.2, 0.25) is 10.0 Å². The molecule has 2 heterocycles. The number of ether oxygens (including phenoxy) is 1. The fourth-order valence-corrected chi connectivity index (χ4v) is 4.32. The maximum absolute atomic E-state index is 12.7. The zero-order chi connectivity index (χ0) is 13.5. The van der Waals surface area contributed by atoms with E-state index in [2.05, 4.69) is 5.32 Å². The molecule has 3 rings (SSSR count). The molecule has 2 aliphatic heterocycles. The summed E-state index contributed by atoms with van der Waals surface area (Å²) < 4.78 is 32.3. The van der Waals surface area contributed by atoms with Crippen molar-refractivity contribution in [3.05, 3.63) is 23.8 Å². The molecule has 1 fully saturated rings. The summed E-state index contributed by atoms with van der Waals surface area (Å²) in [6.45, 7) is 4.51. The van der Waals surface area contributed by atoms with E-state index < -0.39 is 10.0 Å². The number of hydrogen-bond donors (Lipinski definition) is 1. The van der Waals surface area contributed by atoms with Crippen LogP contribution in [-0.4, -0.2) is 45.0 Å². The van der Waals surface area contributed by atoms with Gasteiger partial charge in [0.25, 0.3) is 0 Å². The number of nitrogens with one attached hydrogen (secondary N) is 1. The molecular formula is C13H19ClN2O3S. The number of rotatable bonds is 2. The molecule has 0 bridgehead atoms. The molecule has 0 saturated carbocycles. The Hall–Kier alpha value is -0.820. The first kappa shape index (κ1) is 15.6. The largest absolute Gasteiger partial charge is 0.493 e. The standard InChI is InChI=1S/C13H18N2O3S.ClH/c1-10-9-14-5-6-15(10)19(16,17)12-2-3-13-11(8-12)4-7-18-13;/h2-3,8,10,14H,4-7,9H2,1H3;1H/t10-;/m1./s1. The first-order valence-corrected chi connectivity index (χ1v) is 8.01. The molecule has 0 aromatic heterocycles. The lowest BCUT2D eigenvalue weighted by Crippen LogP contribution is -2.52. The van der Waals surface area contributed by atoms with Gasteiger partial charge >= 0.3 is 0 Å². The fourth-order valence-electron chi connectivity index (χ4n) is 2.64. The minimum absolute atomic E-state index is 0. The molecular weight excluding hydrogens is 300 g/mol. The van der Waals surface area contributed by atoms with E-state index in [0.29, 0.717) is 31.1 Å². The highest BCUT2D eigenvalue weighted by molar-refractivity contribution is 7.89. The summed E-state index contributed by atoms with van der Waals surface area (Å²) in [4.78, 5) is 0.380. The third-order valence-corrected chi connectivity index (χ3v) is 5.72. The van der Waals surface area contributed by atoms with Crippen LogP contribution in [0, 0.1) is 0 Å². The average Bonchev–Trinajstić information content (AvgIpc) is 2.86. The number of halogens is 1. The normalized spacial score (nSPS) is 22.8. The van der Waals surface area contributed by atoms with Crippen LogP contribution in [0.1, 0.15) is 12.5 Å². The van der Waals surface area contributed by atoms with Gasteiger partial charge in [-0.3, -0.25) is 0 Å². The zero-order valence-electron chi connectivity index (χ0n) is 11.3. The quantitative estimate of drug-likeness (QED) is 0.884. The van der Waals surface area contributed by atoms with E-state index >= 15 is 0 Å². The van der Waals surface area contributed by atoms with Gasteiger partial charge in [0, 0.05) is 32.1 Å². The van der Waals surface area contributed by atoms with Crippen molar-refractivity contribution in [1.82, 2.24) is 9.62 Å². The zero-order valence-corrected chi connectivity index (χ0v) is 13.0. The van der Waals surface area contributed by atoms with E-state index in [9.17, 15) is 8.42 Å². The van der Waals surface area contributed by atoms with Crippen LogP contribution in [0.4, 0.5) is 0 Å². The molecule has 0 spiro atoms. The number of piperazine rings is 1. The molecule has 20 heavy (non-hydrogen) atoms. The third kappa shape index (κ3) is 2.65. The molecule has 1 atom stereocenters. The van der Waals surface area contributed by atoms with Crippen molar-refractivity contribution < 1.29 is 13.2 Å². The van der Waals surface area contributed by atoms with Gasteiger partial charge in [-0.25, -0.2) is 8.42 Å². The van der Waals surface area contributed by atoms with Crippen molar-refractivity contribution in [2.75, 3.05) is 26.2 Å². The monoisotopic (exact) mass is 318 g/mol. The molecule has 5 nitrogen and oxygen atoms in total. The molecule has 0 aliphatic carbocycles. The van der Waals surface area contributed by atoms with Gasteiger partial charge in [-0.2, -0.15) is 4.31 Å². The predicted molar refractivity (Wildman–Crippen MR) is 79.1 cm³/mol. The summed E-state index contributed by atoms with van der Waals surface area (Å²) in [5.41, 5.74) is 0.990. The van der Waals surface area contributed by atoms with Crippen molar-refractivity contribution in [1.29, 1.82) is 0 Å². The van der Waals surface area contributed by atoms with Crippen molar-refractivity contribution in [3.8, 4) is 5.75 Å². The van der Waals surface area contributed by atoms with Gasteiger partial charge in [0.05, 0.1) is 11.5 Å². The van der Waals surface area contributed by atoms with Gasteiger partial charge in [-0.1, -0.05) is 0 Å². The summed E-state index contributed by atoms with van der Waals surface area (Å²) in [5, 5.41) is 3.20. The Bertz CT molecular complexity index is 591. The van der Waals surface area contributed by atoms with Crippen LogP contribution < -0.4 is 10.1 Å². The van der Waals surface area contributed by atoms with E-state index in [1.54, 1.807) is 22.5 Å². The summed E-state index contributed by atoms with van der Waals surface area (Å²) >= 11 is 0. The summed E-state index contributed by atoms with van der Waals surface area (Å²) in [6.07, 6.45) is 0.788. The van der Waals surface area contributed by atoms with E-state index in [-0.39, 0.29) is 18.4 Å². The van der Waals surface area contributed by atoms with Gasteiger partial charge in [0.1, 0.15) is 5.75 Å². The lowest BCUT2D eigenvalue weighted by atomic mass is 10.2. The molecule has 0 unspecified atom stereocenters. The molecule has 7 heteroatoms. The van der Waals surface area contributed by atoms with E-state index in [1.807, 2.05) is 6.92 Å². The fraction of sp³-hybridized carbons (Fsp3) is 0.538. The van der Waals surface area contributed by atoms with E-state index in [4.69, 9.17) is 4.74 Å². The Balaban J connectivity index is 0.00000147. The first-order chi connectivity index (χ1) is 9.09. The van der Waals surface area contributed by atoms with Gasteiger partial charge in [-0.15, -0.1) is 12.4 Å². The van der Waals surface area contributed by atoms with Crippen LogP contribution in [0.25, 0.3) is 0 Å². The Kier molecular flexibility index (Phi) is 4.59. The van der Waals surface area contributed by atoms with Crippen LogP contribution in [0.5, 0.6) is 5.75 Å². The third-order valence-electron chi connectivity index (χ3n) is 3.71. The number of fused-ring (bicyclic) bond motifs is 1. The number of nitrogens with zero attached hydrogens (tertiary/aromatic N) is 1. The van der Waals surface area contributed by atoms with Gasteiger partial charge < -0.3 is 10.1 Å². The van der Waals surface area contributed by atoms with Gasteiger partial charge in [-0.05, 0) is 30.7 Å². The minimum Gasteiger partial charge on any atom is -0.493 e. The second-order valence-electron chi connectivity index (χ2n) is 5.04. The van der Waals surface area contributed by atoms with Crippen LogP contribution in [0.2, 0.25) is 0 Å². The Labute approximate surface area is 125 Å². The van der Waals surface area contributed by atoms with E-state index in [1.165, 1.54) is 0 Å². The van der Waals surface area contributed by atoms with Crippen LogP contribution >= 0.6 is 12.4 Å². The molecule has 1 aromatic carbocycles. The predicted octanol–water partition coefficient (Wildman–Crippen LogP) is 1.03. The average molecular weight is 319 g/mol. The topological polar surface area (TPSA) is 58.6 Å².